The van der Waals surface area contributed by atoms with Gasteiger partial charge in [-0.25, -0.2) is 4.58 Å². The Hall–Kier alpha value is -4.57. The molecule has 5 aliphatic rings. The van der Waals surface area contributed by atoms with E-state index in [2.05, 4.69) is 135 Å². The summed E-state index contributed by atoms with van der Waals surface area (Å²) >= 11 is 0. The van der Waals surface area contributed by atoms with E-state index in [0.717, 1.165) is 0 Å². The molecule has 0 saturated carbocycles. The van der Waals surface area contributed by atoms with Gasteiger partial charge in [-0.15, -0.1) is 0 Å². The Morgan fingerprint density at radius 2 is 0.830 bits per heavy atom. The highest BCUT2D eigenvalue weighted by atomic mass is 15.1. The van der Waals surface area contributed by atoms with Gasteiger partial charge in [0.1, 0.15) is 13.1 Å². The fourth-order valence-corrected chi connectivity index (χ4v) is 8.97. The van der Waals surface area contributed by atoms with Crippen LogP contribution in [0.2, 0.25) is 0 Å². The number of benzene rings is 3. The standard InChI is InChI=1S/C49H59N4/c1-5-32-50(33-6-1)44-24-16-40(17-25-44)48(41-18-26-45(27-19-41)51-34-7-2-8-35-51)14-13-15-49(42-20-28-46(29-21-42)52-36-9-3-10-37-52)43-22-30-47(31-23-43)53-38-11-4-12-39-53/h13-31H,1-12,32-39H2/q+1. The summed E-state index contributed by atoms with van der Waals surface area (Å²) < 4.78 is 2.55. The maximum absolute atomic E-state index is 2.55. The Morgan fingerprint density at radius 3 is 1.26 bits per heavy atom. The van der Waals surface area contributed by atoms with Crippen molar-refractivity contribution >= 4 is 33.9 Å². The number of rotatable bonds is 8. The summed E-state index contributed by atoms with van der Waals surface area (Å²) in [5.74, 6) is 0. The first-order valence-electron chi connectivity index (χ1n) is 21.0. The van der Waals surface area contributed by atoms with E-state index >= 15 is 0 Å². The van der Waals surface area contributed by atoms with Gasteiger partial charge in [0.2, 0.25) is 0 Å². The predicted molar refractivity (Wildman–Crippen MR) is 228 cm³/mol. The quantitative estimate of drug-likeness (QED) is 0.171. The smallest absolute Gasteiger partial charge is 0.199 e. The third-order valence-electron chi connectivity index (χ3n) is 12.1. The molecule has 4 heteroatoms. The fraction of sp³-hybridized carbons (Fsp3) is 0.408. The number of allylic oxidation sites excluding steroid dienone is 9. The maximum Gasteiger partial charge on any atom is 0.199 e. The Balaban J connectivity index is 1.13. The molecule has 0 unspecified atom stereocenters. The molecule has 0 spiro atoms. The highest BCUT2D eigenvalue weighted by molar-refractivity contribution is 6.03. The van der Waals surface area contributed by atoms with Gasteiger partial charge in [0.25, 0.3) is 0 Å². The first-order chi connectivity index (χ1) is 26.3. The summed E-state index contributed by atoms with van der Waals surface area (Å²) in [5.41, 5.74) is 13.0. The van der Waals surface area contributed by atoms with Crippen molar-refractivity contribution < 1.29 is 4.58 Å². The molecule has 3 aromatic carbocycles. The Labute approximate surface area is 319 Å². The number of piperidine rings is 4. The van der Waals surface area contributed by atoms with Crippen LogP contribution in [0.15, 0.2) is 121 Å². The van der Waals surface area contributed by atoms with E-state index < -0.39 is 0 Å². The second-order valence-corrected chi connectivity index (χ2v) is 15.7. The van der Waals surface area contributed by atoms with Gasteiger partial charge in [-0.1, -0.05) is 54.6 Å². The van der Waals surface area contributed by atoms with E-state index in [0.29, 0.717) is 0 Å². The third kappa shape index (κ3) is 8.81. The number of anilines is 3. The summed E-state index contributed by atoms with van der Waals surface area (Å²) in [5, 5.41) is 0. The molecule has 4 heterocycles. The van der Waals surface area contributed by atoms with E-state index in [1.807, 2.05) is 0 Å². The fourth-order valence-electron chi connectivity index (χ4n) is 8.97. The second-order valence-electron chi connectivity index (χ2n) is 15.7. The van der Waals surface area contributed by atoms with Gasteiger partial charge in [-0.3, -0.25) is 0 Å². The Bertz CT molecular complexity index is 1760. The molecule has 0 N–H and O–H groups in total. The van der Waals surface area contributed by atoms with Crippen LogP contribution in [0.4, 0.5) is 17.1 Å². The van der Waals surface area contributed by atoms with Gasteiger partial charge in [0.05, 0.1) is 0 Å². The molecule has 53 heavy (non-hydrogen) atoms. The summed E-state index contributed by atoms with van der Waals surface area (Å²) in [6.45, 7) is 9.33. The SMILES string of the molecule is C(=CC(=C1C=CC(=[N+]2CCCCC2)C=C1)c1ccc(N2CCCCC2)cc1)C=C(c1ccc(N2CCCCC2)cc1)c1ccc(N2CCCCC2)cc1. The minimum Gasteiger partial charge on any atom is -0.372 e. The molecular formula is C49H59N4+. The summed E-state index contributed by atoms with van der Waals surface area (Å²) in [7, 11) is 0. The van der Waals surface area contributed by atoms with Crippen LogP contribution in [0.5, 0.6) is 0 Å². The molecule has 0 atom stereocenters. The minimum atomic E-state index is 1.17. The molecule has 0 amide bonds. The molecule has 3 aromatic rings. The van der Waals surface area contributed by atoms with E-state index in [9.17, 15) is 0 Å². The molecule has 8 rings (SSSR count). The topological polar surface area (TPSA) is 12.7 Å². The molecule has 4 saturated heterocycles. The van der Waals surface area contributed by atoms with Crippen LogP contribution < -0.4 is 14.7 Å². The number of hydrogen-bond donors (Lipinski definition) is 0. The molecule has 4 nitrogen and oxygen atoms in total. The maximum atomic E-state index is 2.55. The summed E-state index contributed by atoms with van der Waals surface area (Å²) in [6, 6.07) is 28.1. The van der Waals surface area contributed by atoms with Crippen LogP contribution in [0.25, 0.3) is 11.1 Å². The monoisotopic (exact) mass is 703 g/mol. The van der Waals surface area contributed by atoms with Crippen molar-refractivity contribution in [1.29, 1.82) is 0 Å². The van der Waals surface area contributed by atoms with Crippen LogP contribution in [0.1, 0.15) is 93.7 Å². The van der Waals surface area contributed by atoms with Crippen LogP contribution in [0, 0.1) is 0 Å². The Morgan fingerprint density at radius 1 is 0.434 bits per heavy atom. The van der Waals surface area contributed by atoms with Crippen molar-refractivity contribution in [3.63, 3.8) is 0 Å². The molecule has 4 fully saturated rings. The lowest BCUT2D eigenvalue weighted by Crippen LogP contribution is -2.29. The van der Waals surface area contributed by atoms with Gasteiger partial charge >= 0.3 is 0 Å². The first kappa shape index (κ1) is 35.5. The van der Waals surface area contributed by atoms with Gasteiger partial charge in [0, 0.05) is 81.3 Å². The van der Waals surface area contributed by atoms with Gasteiger partial charge in [-0.2, -0.15) is 0 Å². The molecule has 1 aliphatic carbocycles. The number of hydrogen-bond acceptors (Lipinski definition) is 3. The molecule has 0 radical (unpaired) electrons. The zero-order chi connectivity index (χ0) is 35.7. The van der Waals surface area contributed by atoms with Crippen molar-refractivity contribution in [2.24, 2.45) is 0 Å². The lowest BCUT2D eigenvalue weighted by molar-refractivity contribution is -0.535. The van der Waals surface area contributed by atoms with E-state index in [1.165, 1.54) is 186 Å². The van der Waals surface area contributed by atoms with Crippen molar-refractivity contribution in [2.45, 2.75) is 77.0 Å². The van der Waals surface area contributed by atoms with Crippen molar-refractivity contribution in [2.75, 3.05) is 67.1 Å². The summed E-state index contributed by atoms with van der Waals surface area (Å²) in [4.78, 5) is 7.66. The van der Waals surface area contributed by atoms with E-state index in [4.69, 9.17) is 0 Å². The minimum absolute atomic E-state index is 1.17. The van der Waals surface area contributed by atoms with Crippen LogP contribution >= 0.6 is 0 Å². The van der Waals surface area contributed by atoms with Crippen LogP contribution in [0.3, 0.4) is 0 Å². The molecule has 0 bridgehead atoms. The molecule has 274 valence electrons. The number of nitrogens with zero attached hydrogens (tertiary/aromatic N) is 4. The second kappa shape index (κ2) is 17.5. The van der Waals surface area contributed by atoms with E-state index in [-0.39, 0.29) is 0 Å². The highest BCUT2D eigenvalue weighted by Gasteiger charge is 2.18. The van der Waals surface area contributed by atoms with Crippen molar-refractivity contribution in [1.82, 2.24) is 0 Å². The van der Waals surface area contributed by atoms with E-state index in [1.54, 1.807) is 0 Å². The lowest BCUT2D eigenvalue weighted by atomic mass is 9.94. The summed E-state index contributed by atoms with van der Waals surface area (Å²) in [6.07, 6.45) is 32.1. The average molecular weight is 704 g/mol. The van der Waals surface area contributed by atoms with Gasteiger partial charge in [-0.05, 0) is 146 Å². The van der Waals surface area contributed by atoms with Crippen molar-refractivity contribution in [3.8, 4) is 0 Å². The largest absolute Gasteiger partial charge is 0.372 e. The van der Waals surface area contributed by atoms with Crippen LogP contribution in [-0.4, -0.2) is 62.6 Å². The van der Waals surface area contributed by atoms with Gasteiger partial charge < -0.3 is 14.7 Å². The molecule has 0 aromatic heterocycles. The first-order valence-corrected chi connectivity index (χ1v) is 21.0. The Kier molecular flexibility index (Phi) is 11.7. The highest BCUT2D eigenvalue weighted by Crippen LogP contribution is 2.32. The van der Waals surface area contributed by atoms with Crippen LogP contribution in [-0.2, 0) is 0 Å². The zero-order valence-electron chi connectivity index (χ0n) is 31.9. The van der Waals surface area contributed by atoms with Crippen molar-refractivity contribution in [3.05, 3.63) is 138 Å². The lowest BCUT2D eigenvalue weighted by Gasteiger charge is -2.29. The third-order valence-corrected chi connectivity index (χ3v) is 12.1. The molecule has 4 aliphatic heterocycles. The predicted octanol–water partition coefficient (Wildman–Crippen LogP) is 10.9. The average Bonchev–Trinajstić information content (AvgIpc) is 3.25. The molecular weight excluding hydrogens is 645 g/mol. The van der Waals surface area contributed by atoms with Gasteiger partial charge in [0.15, 0.2) is 5.71 Å². The zero-order valence-corrected chi connectivity index (χ0v) is 31.9. The normalized spacial score (nSPS) is 19.6.